The molecule has 2 rings (SSSR count). The van der Waals surface area contributed by atoms with Crippen molar-refractivity contribution < 1.29 is 18.3 Å². The van der Waals surface area contributed by atoms with Gasteiger partial charge in [-0.15, -0.1) is 0 Å². The standard InChI is InChI=1S/C11H12F2N2O2/c12-7-1-2-9(13)10(5-7)15-11(16)14-8-3-4-17-6-8/h1-2,5,8H,3-4,6H2,(H2,14,15,16). The zero-order valence-electron chi connectivity index (χ0n) is 9.00. The van der Waals surface area contributed by atoms with E-state index >= 15 is 0 Å². The van der Waals surface area contributed by atoms with E-state index in [9.17, 15) is 13.6 Å². The minimum Gasteiger partial charge on any atom is -0.379 e. The maximum Gasteiger partial charge on any atom is 0.319 e. The van der Waals surface area contributed by atoms with Crippen LogP contribution in [-0.4, -0.2) is 25.3 Å². The number of halogens is 2. The Morgan fingerprint density at radius 1 is 1.41 bits per heavy atom. The number of rotatable bonds is 2. The summed E-state index contributed by atoms with van der Waals surface area (Å²) in [6.45, 7) is 1.04. The van der Waals surface area contributed by atoms with Gasteiger partial charge in [-0.1, -0.05) is 0 Å². The highest BCUT2D eigenvalue weighted by Crippen LogP contribution is 2.15. The summed E-state index contributed by atoms with van der Waals surface area (Å²) in [5.41, 5.74) is -0.179. The fraction of sp³-hybridized carbons (Fsp3) is 0.364. The van der Waals surface area contributed by atoms with Gasteiger partial charge in [0.25, 0.3) is 0 Å². The Morgan fingerprint density at radius 2 is 2.24 bits per heavy atom. The summed E-state index contributed by atoms with van der Waals surface area (Å²) in [5, 5.41) is 4.87. The van der Waals surface area contributed by atoms with Crippen molar-refractivity contribution in [1.82, 2.24) is 5.32 Å². The minimum absolute atomic E-state index is 0.0772. The van der Waals surface area contributed by atoms with Crippen LogP contribution in [0.1, 0.15) is 6.42 Å². The van der Waals surface area contributed by atoms with Crippen LogP contribution in [0.5, 0.6) is 0 Å². The van der Waals surface area contributed by atoms with Crippen LogP contribution in [-0.2, 0) is 4.74 Å². The number of carbonyl (C=O) groups excluding carboxylic acids is 1. The summed E-state index contributed by atoms with van der Waals surface area (Å²) in [7, 11) is 0. The second-order valence-corrected chi connectivity index (χ2v) is 3.78. The van der Waals surface area contributed by atoms with Crippen molar-refractivity contribution in [1.29, 1.82) is 0 Å². The zero-order valence-corrected chi connectivity index (χ0v) is 9.00. The van der Waals surface area contributed by atoms with Crippen LogP contribution in [0.15, 0.2) is 18.2 Å². The van der Waals surface area contributed by atoms with E-state index in [1.54, 1.807) is 0 Å². The number of carbonyl (C=O) groups is 1. The average Bonchev–Trinajstić information content (AvgIpc) is 2.76. The molecular formula is C11H12F2N2O2. The molecule has 0 saturated carbocycles. The van der Waals surface area contributed by atoms with Gasteiger partial charge in [-0.25, -0.2) is 13.6 Å². The fourth-order valence-electron chi connectivity index (χ4n) is 1.59. The molecular weight excluding hydrogens is 230 g/mol. The summed E-state index contributed by atoms with van der Waals surface area (Å²) in [6.07, 6.45) is 0.721. The van der Waals surface area contributed by atoms with Crippen molar-refractivity contribution in [3.8, 4) is 0 Å². The third-order valence-electron chi connectivity index (χ3n) is 2.44. The SMILES string of the molecule is O=C(Nc1cc(F)ccc1F)NC1CCOC1. The number of hydrogen-bond acceptors (Lipinski definition) is 2. The first-order valence-corrected chi connectivity index (χ1v) is 5.25. The minimum atomic E-state index is -0.677. The molecule has 0 radical (unpaired) electrons. The number of urea groups is 1. The van der Waals surface area contributed by atoms with Gasteiger partial charge in [0.05, 0.1) is 18.3 Å². The van der Waals surface area contributed by atoms with Crippen LogP contribution in [0.25, 0.3) is 0 Å². The van der Waals surface area contributed by atoms with Crippen LogP contribution in [0.2, 0.25) is 0 Å². The van der Waals surface area contributed by atoms with E-state index in [1.165, 1.54) is 0 Å². The molecule has 4 nitrogen and oxygen atoms in total. The second kappa shape index (κ2) is 5.09. The molecule has 17 heavy (non-hydrogen) atoms. The van der Waals surface area contributed by atoms with Gasteiger partial charge in [-0.3, -0.25) is 0 Å². The van der Waals surface area contributed by atoms with Crippen molar-refractivity contribution in [2.75, 3.05) is 18.5 Å². The van der Waals surface area contributed by atoms with E-state index in [2.05, 4.69) is 10.6 Å². The van der Waals surface area contributed by atoms with Gasteiger partial charge < -0.3 is 15.4 Å². The molecule has 1 aromatic rings. The molecule has 1 fully saturated rings. The lowest BCUT2D eigenvalue weighted by Crippen LogP contribution is -2.38. The Hall–Kier alpha value is -1.69. The first-order valence-electron chi connectivity index (χ1n) is 5.25. The lowest BCUT2D eigenvalue weighted by Gasteiger charge is -2.12. The van der Waals surface area contributed by atoms with E-state index < -0.39 is 17.7 Å². The zero-order chi connectivity index (χ0) is 12.3. The molecule has 1 heterocycles. The predicted molar refractivity (Wildman–Crippen MR) is 57.7 cm³/mol. The van der Waals surface area contributed by atoms with E-state index in [0.717, 1.165) is 24.6 Å². The van der Waals surface area contributed by atoms with Crippen molar-refractivity contribution in [2.45, 2.75) is 12.5 Å². The Morgan fingerprint density at radius 3 is 2.94 bits per heavy atom. The quantitative estimate of drug-likeness (QED) is 0.831. The molecule has 2 N–H and O–H groups in total. The van der Waals surface area contributed by atoms with Gasteiger partial charge in [-0.05, 0) is 18.6 Å². The molecule has 2 amide bonds. The van der Waals surface area contributed by atoms with Crippen LogP contribution >= 0.6 is 0 Å². The van der Waals surface area contributed by atoms with Gasteiger partial charge in [0.2, 0.25) is 0 Å². The largest absolute Gasteiger partial charge is 0.379 e. The fourth-order valence-corrected chi connectivity index (χ4v) is 1.59. The first-order chi connectivity index (χ1) is 8.15. The number of hydrogen-bond donors (Lipinski definition) is 2. The summed E-state index contributed by atoms with van der Waals surface area (Å²) in [5.74, 6) is -1.28. The highest BCUT2D eigenvalue weighted by Gasteiger charge is 2.18. The highest BCUT2D eigenvalue weighted by molar-refractivity contribution is 5.89. The van der Waals surface area contributed by atoms with E-state index in [1.807, 2.05) is 0 Å². The monoisotopic (exact) mass is 242 g/mol. The molecule has 1 aliphatic rings. The van der Waals surface area contributed by atoms with Crippen LogP contribution in [0.3, 0.4) is 0 Å². The lowest BCUT2D eigenvalue weighted by atomic mass is 10.2. The Balaban J connectivity index is 1.95. The number of benzene rings is 1. The Labute approximate surface area is 97.0 Å². The highest BCUT2D eigenvalue weighted by atomic mass is 19.1. The summed E-state index contributed by atoms with van der Waals surface area (Å²) < 4.78 is 31.1. The molecule has 0 aromatic heterocycles. The van der Waals surface area contributed by atoms with Gasteiger partial charge in [0, 0.05) is 12.7 Å². The number of ether oxygens (including phenoxy) is 1. The number of anilines is 1. The average molecular weight is 242 g/mol. The van der Waals surface area contributed by atoms with Crippen molar-refractivity contribution in [3.63, 3.8) is 0 Å². The summed E-state index contributed by atoms with van der Waals surface area (Å²) >= 11 is 0. The first kappa shape index (κ1) is 11.8. The van der Waals surface area contributed by atoms with Crippen LogP contribution in [0.4, 0.5) is 19.3 Å². The predicted octanol–water partition coefficient (Wildman–Crippen LogP) is 1.88. The van der Waals surface area contributed by atoms with E-state index in [-0.39, 0.29) is 11.7 Å². The number of nitrogens with one attached hydrogen (secondary N) is 2. The molecule has 1 saturated heterocycles. The third kappa shape index (κ3) is 3.13. The van der Waals surface area contributed by atoms with Crippen molar-refractivity contribution >= 4 is 11.7 Å². The smallest absolute Gasteiger partial charge is 0.319 e. The molecule has 92 valence electrons. The Bertz CT molecular complexity index is 420. The molecule has 1 unspecified atom stereocenters. The molecule has 0 aliphatic carbocycles. The molecule has 6 heteroatoms. The van der Waals surface area contributed by atoms with Gasteiger partial charge in [0.15, 0.2) is 0 Å². The van der Waals surface area contributed by atoms with Gasteiger partial charge in [-0.2, -0.15) is 0 Å². The molecule has 1 aromatic carbocycles. The summed E-state index contributed by atoms with van der Waals surface area (Å²) in [6, 6.07) is 2.24. The maximum atomic E-state index is 13.2. The molecule has 1 atom stereocenters. The van der Waals surface area contributed by atoms with E-state index in [0.29, 0.717) is 13.2 Å². The lowest BCUT2D eigenvalue weighted by molar-refractivity contribution is 0.189. The van der Waals surface area contributed by atoms with Gasteiger partial charge >= 0.3 is 6.03 Å². The maximum absolute atomic E-state index is 13.2. The van der Waals surface area contributed by atoms with Crippen molar-refractivity contribution in [3.05, 3.63) is 29.8 Å². The van der Waals surface area contributed by atoms with Crippen LogP contribution < -0.4 is 10.6 Å². The normalized spacial score (nSPS) is 19.1. The third-order valence-corrected chi connectivity index (χ3v) is 2.44. The topological polar surface area (TPSA) is 50.4 Å². The molecule has 0 bridgehead atoms. The van der Waals surface area contributed by atoms with Crippen LogP contribution in [0, 0.1) is 11.6 Å². The Kier molecular flexibility index (Phi) is 3.53. The van der Waals surface area contributed by atoms with Crippen molar-refractivity contribution in [2.24, 2.45) is 0 Å². The van der Waals surface area contributed by atoms with E-state index in [4.69, 9.17) is 4.74 Å². The molecule has 0 spiro atoms. The van der Waals surface area contributed by atoms with Gasteiger partial charge in [0.1, 0.15) is 11.6 Å². The molecule has 1 aliphatic heterocycles. The number of amides is 2. The second-order valence-electron chi connectivity index (χ2n) is 3.78. The summed E-state index contributed by atoms with van der Waals surface area (Å²) in [4.78, 5) is 11.5.